The fourth-order valence-electron chi connectivity index (χ4n) is 4.14. The lowest BCUT2D eigenvalue weighted by Gasteiger charge is -2.33. The predicted molar refractivity (Wildman–Crippen MR) is 165 cm³/mol. The molecule has 1 atom stereocenters. The Labute approximate surface area is 257 Å². The van der Waals surface area contributed by atoms with Gasteiger partial charge >= 0.3 is 0 Å². The number of nitrogens with zero attached hydrogens (tertiary/aromatic N) is 2. The molecule has 0 aliphatic rings. The molecule has 2 amide bonds. The van der Waals surface area contributed by atoms with Crippen molar-refractivity contribution < 1.29 is 27.5 Å². The third kappa shape index (κ3) is 7.87. The molecule has 9 nitrogen and oxygen atoms in total. The monoisotopic (exact) mass is 635 g/mol. The standard InChI is InChI=1S/C30H35Cl2N3O6S/c1-20(29(37)33-30(2,3)4)34(18-23-24(31)13-10-14-25(23)32)28(36)19-35(21-11-8-7-9-12-21)42(38,39)22-15-16-26(40-5)27(17-22)41-6/h7-17,20H,18-19H2,1-6H3,(H,33,37)/t20-/m1/s1. The van der Waals surface area contributed by atoms with Gasteiger partial charge in [0.1, 0.15) is 12.6 Å². The number of benzene rings is 3. The number of amides is 2. The molecular weight excluding hydrogens is 601 g/mol. The van der Waals surface area contributed by atoms with E-state index in [1.54, 1.807) is 55.5 Å². The molecule has 0 aliphatic carbocycles. The number of halogens is 2. The summed E-state index contributed by atoms with van der Waals surface area (Å²) in [6, 6.07) is 16.3. The number of anilines is 1. The maximum absolute atomic E-state index is 14.1. The molecule has 0 bridgehead atoms. The van der Waals surface area contributed by atoms with Crippen molar-refractivity contribution in [2.45, 2.75) is 50.7 Å². The van der Waals surface area contributed by atoms with E-state index in [2.05, 4.69) is 5.32 Å². The first kappa shape index (κ1) is 33.0. The van der Waals surface area contributed by atoms with E-state index in [1.165, 1.54) is 37.3 Å². The Morgan fingerprint density at radius 1 is 0.905 bits per heavy atom. The lowest BCUT2D eigenvalue weighted by molar-refractivity contribution is -0.140. The van der Waals surface area contributed by atoms with Gasteiger partial charge in [-0.1, -0.05) is 47.5 Å². The molecule has 0 heterocycles. The summed E-state index contributed by atoms with van der Waals surface area (Å²) in [4.78, 5) is 28.5. The van der Waals surface area contributed by atoms with Gasteiger partial charge in [0.2, 0.25) is 11.8 Å². The molecule has 42 heavy (non-hydrogen) atoms. The Morgan fingerprint density at radius 3 is 2.05 bits per heavy atom. The summed E-state index contributed by atoms with van der Waals surface area (Å²) < 4.78 is 39.7. The lowest BCUT2D eigenvalue weighted by Crippen LogP contribution is -2.54. The molecule has 3 rings (SSSR count). The van der Waals surface area contributed by atoms with Crippen LogP contribution in [0.4, 0.5) is 5.69 Å². The van der Waals surface area contributed by atoms with Crippen LogP contribution in [0.2, 0.25) is 10.0 Å². The van der Waals surface area contributed by atoms with E-state index in [-0.39, 0.29) is 22.9 Å². The zero-order chi connectivity index (χ0) is 31.2. The third-order valence-corrected chi connectivity index (χ3v) is 8.80. The highest BCUT2D eigenvalue weighted by Gasteiger charge is 2.34. The maximum atomic E-state index is 14.1. The van der Waals surface area contributed by atoms with Crippen molar-refractivity contribution in [2.75, 3.05) is 25.1 Å². The van der Waals surface area contributed by atoms with Crippen molar-refractivity contribution in [3.8, 4) is 11.5 Å². The molecule has 0 aliphatic heterocycles. The summed E-state index contributed by atoms with van der Waals surface area (Å²) in [6.07, 6.45) is 0. The molecule has 12 heteroatoms. The fourth-order valence-corrected chi connectivity index (χ4v) is 6.08. The van der Waals surface area contributed by atoms with Crippen LogP contribution >= 0.6 is 23.2 Å². The molecule has 0 radical (unpaired) electrons. The average molecular weight is 637 g/mol. The van der Waals surface area contributed by atoms with Gasteiger partial charge in [0.15, 0.2) is 11.5 Å². The molecule has 0 saturated heterocycles. The van der Waals surface area contributed by atoms with Crippen LogP contribution in [0.3, 0.4) is 0 Å². The lowest BCUT2D eigenvalue weighted by atomic mass is 10.1. The normalized spacial score (nSPS) is 12.3. The van der Waals surface area contributed by atoms with Gasteiger partial charge in [0, 0.05) is 33.8 Å². The number of carbonyl (C=O) groups excluding carboxylic acids is 2. The molecule has 0 aromatic heterocycles. The number of hydrogen-bond acceptors (Lipinski definition) is 6. The minimum atomic E-state index is -4.31. The summed E-state index contributed by atoms with van der Waals surface area (Å²) in [5.41, 5.74) is 0.108. The van der Waals surface area contributed by atoms with Crippen LogP contribution in [0.15, 0.2) is 71.6 Å². The van der Waals surface area contributed by atoms with E-state index in [0.717, 1.165) is 4.31 Å². The predicted octanol–water partition coefficient (Wildman–Crippen LogP) is 5.54. The first-order valence-electron chi connectivity index (χ1n) is 13.0. The van der Waals surface area contributed by atoms with Crippen molar-refractivity contribution >= 4 is 50.7 Å². The highest BCUT2D eigenvalue weighted by atomic mass is 35.5. The summed E-state index contributed by atoms with van der Waals surface area (Å²) in [5.74, 6) is -0.510. The topological polar surface area (TPSA) is 105 Å². The summed E-state index contributed by atoms with van der Waals surface area (Å²) in [6.45, 7) is 6.29. The van der Waals surface area contributed by atoms with Crippen molar-refractivity contribution in [2.24, 2.45) is 0 Å². The van der Waals surface area contributed by atoms with Crippen LogP contribution in [0.1, 0.15) is 33.3 Å². The van der Waals surface area contributed by atoms with Gasteiger partial charge in [0.05, 0.1) is 24.8 Å². The quantitative estimate of drug-likeness (QED) is 0.297. The molecule has 0 unspecified atom stereocenters. The number of para-hydroxylation sites is 1. The largest absolute Gasteiger partial charge is 0.493 e. The van der Waals surface area contributed by atoms with Gasteiger partial charge in [-0.15, -0.1) is 0 Å². The SMILES string of the molecule is COc1ccc(S(=O)(=O)N(CC(=O)N(Cc2c(Cl)cccc2Cl)[C@H](C)C(=O)NC(C)(C)C)c2ccccc2)cc1OC. The number of methoxy groups -OCH3 is 2. The number of ether oxygens (including phenoxy) is 2. The second kappa shape index (κ2) is 13.7. The van der Waals surface area contributed by atoms with Gasteiger partial charge in [-0.05, 0) is 64.1 Å². The van der Waals surface area contributed by atoms with E-state index in [9.17, 15) is 18.0 Å². The number of hydrogen-bond donors (Lipinski definition) is 1. The van der Waals surface area contributed by atoms with E-state index in [0.29, 0.717) is 21.4 Å². The van der Waals surface area contributed by atoms with Crippen LogP contribution in [-0.4, -0.2) is 57.5 Å². The van der Waals surface area contributed by atoms with Gasteiger partial charge in [0.25, 0.3) is 10.0 Å². The second-order valence-corrected chi connectivity index (χ2v) is 13.2. The Kier molecular flexibility index (Phi) is 10.8. The molecule has 3 aromatic rings. The van der Waals surface area contributed by atoms with E-state index < -0.39 is 40.0 Å². The highest BCUT2D eigenvalue weighted by molar-refractivity contribution is 7.92. The molecule has 0 spiro atoms. The Balaban J connectivity index is 2.09. The highest BCUT2D eigenvalue weighted by Crippen LogP contribution is 2.33. The fraction of sp³-hybridized carbons (Fsp3) is 0.333. The summed E-state index contributed by atoms with van der Waals surface area (Å²) in [7, 11) is -1.47. The van der Waals surface area contributed by atoms with Crippen LogP contribution in [0.5, 0.6) is 11.5 Å². The third-order valence-electron chi connectivity index (χ3n) is 6.32. The molecule has 0 saturated carbocycles. The van der Waals surface area contributed by atoms with Crippen molar-refractivity contribution in [1.29, 1.82) is 0 Å². The first-order chi connectivity index (χ1) is 19.7. The molecule has 226 valence electrons. The van der Waals surface area contributed by atoms with Crippen molar-refractivity contribution in [3.05, 3.63) is 82.3 Å². The van der Waals surface area contributed by atoms with Crippen LogP contribution in [0, 0.1) is 0 Å². The Hall–Kier alpha value is -3.47. The van der Waals surface area contributed by atoms with Crippen LogP contribution < -0.4 is 19.1 Å². The van der Waals surface area contributed by atoms with Gasteiger partial charge in [-0.25, -0.2) is 8.42 Å². The molecule has 3 aromatic carbocycles. The molecular formula is C30H35Cl2N3O6S. The van der Waals surface area contributed by atoms with Gasteiger partial charge in [-0.3, -0.25) is 13.9 Å². The van der Waals surface area contributed by atoms with Crippen LogP contribution in [-0.2, 0) is 26.2 Å². The maximum Gasteiger partial charge on any atom is 0.264 e. The molecule has 1 N–H and O–H groups in total. The summed E-state index contributed by atoms with van der Waals surface area (Å²) in [5, 5.41) is 3.49. The van der Waals surface area contributed by atoms with Crippen molar-refractivity contribution in [3.63, 3.8) is 0 Å². The van der Waals surface area contributed by atoms with Gasteiger partial charge in [-0.2, -0.15) is 0 Å². The molecule has 0 fully saturated rings. The Morgan fingerprint density at radius 2 is 1.50 bits per heavy atom. The minimum Gasteiger partial charge on any atom is -0.493 e. The van der Waals surface area contributed by atoms with Crippen molar-refractivity contribution in [1.82, 2.24) is 10.2 Å². The second-order valence-electron chi connectivity index (χ2n) is 10.5. The smallest absolute Gasteiger partial charge is 0.264 e. The Bertz CT molecular complexity index is 1510. The zero-order valence-electron chi connectivity index (χ0n) is 24.4. The number of rotatable bonds is 11. The number of carbonyl (C=O) groups is 2. The number of nitrogens with one attached hydrogen (secondary N) is 1. The number of sulfonamides is 1. The van der Waals surface area contributed by atoms with Crippen LogP contribution in [0.25, 0.3) is 0 Å². The first-order valence-corrected chi connectivity index (χ1v) is 15.2. The van der Waals surface area contributed by atoms with Gasteiger partial charge < -0.3 is 19.7 Å². The van der Waals surface area contributed by atoms with E-state index >= 15 is 0 Å². The minimum absolute atomic E-state index is 0.115. The van der Waals surface area contributed by atoms with E-state index in [1.807, 2.05) is 20.8 Å². The summed E-state index contributed by atoms with van der Waals surface area (Å²) >= 11 is 12.9. The van der Waals surface area contributed by atoms with E-state index in [4.69, 9.17) is 32.7 Å². The average Bonchev–Trinajstić information content (AvgIpc) is 2.94. The zero-order valence-corrected chi connectivity index (χ0v) is 26.7.